The second kappa shape index (κ2) is 9.11. The van der Waals surface area contributed by atoms with Crippen molar-refractivity contribution in [1.29, 1.82) is 0 Å². The summed E-state index contributed by atoms with van der Waals surface area (Å²) < 4.78 is 10.8. The average molecular weight is 346 g/mol. The number of likely N-dealkylation sites (tertiary alicyclic amines) is 1. The molecule has 0 aliphatic carbocycles. The maximum atomic E-state index is 12.4. The Kier molecular flexibility index (Phi) is 6.86. The molecule has 1 N–H and O–H groups in total. The first kappa shape index (κ1) is 18.8. The molecule has 25 heavy (non-hydrogen) atoms. The number of nitrogens with zero attached hydrogens (tertiary/aromatic N) is 1. The van der Waals surface area contributed by atoms with Crippen molar-refractivity contribution >= 4 is 17.9 Å². The highest BCUT2D eigenvalue weighted by atomic mass is 16.5. The topological polar surface area (TPSA) is 67.9 Å². The summed E-state index contributed by atoms with van der Waals surface area (Å²) in [5.74, 6) is 1.10. The van der Waals surface area contributed by atoms with Gasteiger partial charge in [-0.15, -0.1) is 0 Å². The van der Waals surface area contributed by atoms with E-state index >= 15 is 0 Å². The Morgan fingerprint density at radius 2 is 2.16 bits per heavy atom. The average Bonchev–Trinajstić information content (AvgIpc) is 2.66. The van der Waals surface area contributed by atoms with Crippen molar-refractivity contribution in [2.75, 3.05) is 33.9 Å². The summed E-state index contributed by atoms with van der Waals surface area (Å²) >= 11 is 0. The quantitative estimate of drug-likeness (QED) is 0.801. The van der Waals surface area contributed by atoms with E-state index in [1.165, 1.54) is 0 Å². The van der Waals surface area contributed by atoms with Crippen LogP contribution in [0, 0.1) is 5.92 Å². The summed E-state index contributed by atoms with van der Waals surface area (Å²) in [6.45, 7) is 3.63. The van der Waals surface area contributed by atoms with Gasteiger partial charge in [0.05, 0.1) is 19.6 Å². The van der Waals surface area contributed by atoms with Crippen LogP contribution in [0.3, 0.4) is 0 Å². The van der Waals surface area contributed by atoms with E-state index in [4.69, 9.17) is 9.47 Å². The van der Waals surface area contributed by atoms with Gasteiger partial charge in [-0.3, -0.25) is 9.59 Å². The molecule has 1 fully saturated rings. The zero-order valence-corrected chi connectivity index (χ0v) is 15.1. The predicted molar refractivity (Wildman–Crippen MR) is 96.6 cm³/mol. The minimum absolute atomic E-state index is 0.00210. The lowest BCUT2D eigenvalue weighted by Gasteiger charge is -2.31. The van der Waals surface area contributed by atoms with Crippen molar-refractivity contribution in [2.45, 2.75) is 19.8 Å². The number of rotatable bonds is 6. The van der Waals surface area contributed by atoms with E-state index in [0.717, 1.165) is 18.4 Å². The van der Waals surface area contributed by atoms with Crippen LogP contribution in [0.4, 0.5) is 0 Å². The molecule has 1 heterocycles. The van der Waals surface area contributed by atoms with E-state index in [1.807, 2.05) is 25.1 Å². The van der Waals surface area contributed by atoms with Crippen LogP contribution in [0.2, 0.25) is 0 Å². The van der Waals surface area contributed by atoms with Gasteiger partial charge in [0.15, 0.2) is 11.5 Å². The number of carbonyl (C=O) groups is 2. The Hall–Kier alpha value is -2.50. The molecular formula is C19H26N2O4. The molecule has 1 atom stereocenters. The van der Waals surface area contributed by atoms with E-state index < -0.39 is 0 Å². The lowest BCUT2D eigenvalue weighted by Crippen LogP contribution is -2.44. The number of piperidine rings is 1. The number of methoxy groups -OCH3 is 1. The third kappa shape index (κ3) is 4.98. The van der Waals surface area contributed by atoms with Gasteiger partial charge in [-0.05, 0) is 43.5 Å². The summed E-state index contributed by atoms with van der Waals surface area (Å²) in [5, 5.41) is 2.66. The van der Waals surface area contributed by atoms with E-state index in [9.17, 15) is 9.59 Å². The fourth-order valence-electron chi connectivity index (χ4n) is 2.93. The van der Waals surface area contributed by atoms with Gasteiger partial charge in [-0.1, -0.05) is 6.07 Å². The highest BCUT2D eigenvalue weighted by Gasteiger charge is 2.26. The fraction of sp³-hybridized carbons (Fsp3) is 0.474. The van der Waals surface area contributed by atoms with Crippen molar-refractivity contribution in [3.63, 3.8) is 0 Å². The van der Waals surface area contributed by atoms with E-state index in [-0.39, 0.29) is 17.7 Å². The van der Waals surface area contributed by atoms with Gasteiger partial charge >= 0.3 is 0 Å². The summed E-state index contributed by atoms with van der Waals surface area (Å²) in [4.78, 5) is 25.9. The molecule has 1 saturated heterocycles. The molecule has 1 aliphatic heterocycles. The van der Waals surface area contributed by atoms with Crippen LogP contribution in [0.15, 0.2) is 24.3 Å². The molecule has 0 radical (unpaired) electrons. The van der Waals surface area contributed by atoms with Crippen molar-refractivity contribution in [3.8, 4) is 11.5 Å². The van der Waals surface area contributed by atoms with Gasteiger partial charge in [0.25, 0.3) is 0 Å². The largest absolute Gasteiger partial charge is 0.493 e. The number of amides is 2. The normalized spacial score (nSPS) is 17.4. The highest BCUT2D eigenvalue weighted by molar-refractivity contribution is 5.92. The van der Waals surface area contributed by atoms with Crippen molar-refractivity contribution < 1.29 is 19.1 Å². The number of hydrogen-bond donors (Lipinski definition) is 1. The Morgan fingerprint density at radius 1 is 1.36 bits per heavy atom. The molecule has 0 bridgehead atoms. The maximum absolute atomic E-state index is 12.4. The van der Waals surface area contributed by atoms with Crippen molar-refractivity contribution in [3.05, 3.63) is 29.8 Å². The molecule has 0 saturated carbocycles. The molecule has 1 aromatic rings. The minimum atomic E-state index is -0.123. The predicted octanol–water partition coefficient (Wildman–Crippen LogP) is 2.09. The second-order valence-electron chi connectivity index (χ2n) is 5.91. The number of carbonyl (C=O) groups excluding carboxylic acids is 2. The van der Waals surface area contributed by atoms with Crippen LogP contribution in [0.1, 0.15) is 25.3 Å². The monoisotopic (exact) mass is 346 g/mol. The lowest BCUT2D eigenvalue weighted by molar-refractivity contribution is -0.131. The molecule has 0 aromatic heterocycles. The molecule has 6 heteroatoms. The summed E-state index contributed by atoms with van der Waals surface area (Å²) in [6, 6.07) is 5.54. The number of hydrogen-bond acceptors (Lipinski definition) is 4. The Balaban J connectivity index is 2.03. The molecule has 136 valence electrons. The first-order chi connectivity index (χ1) is 12.1. The number of nitrogens with one attached hydrogen (secondary N) is 1. The van der Waals surface area contributed by atoms with Crippen LogP contribution in [0.25, 0.3) is 6.08 Å². The van der Waals surface area contributed by atoms with Crippen LogP contribution < -0.4 is 14.8 Å². The maximum Gasteiger partial charge on any atom is 0.246 e. The van der Waals surface area contributed by atoms with Gasteiger partial charge in [-0.2, -0.15) is 0 Å². The second-order valence-corrected chi connectivity index (χ2v) is 5.91. The number of ether oxygens (including phenoxy) is 2. The molecule has 0 spiro atoms. The number of benzene rings is 1. The van der Waals surface area contributed by atoms with Crippen molar-refractivity contribution in [2.24, 2.45) is 5.92 Å². The third-order valence-electron chi connectivity index (χ3n) is 4.26. The van der Waals surface area contributed by atoms with Crippen LogP contribution >= 0.6 is 0 Å². The summed E-state index contributed by atoms with van der Waals surface area (Å²) in [6.07, 6.45) is 4.96. The SMILES string of the molecule is CCOc1ccc(/C=C/C(=O)N2CCC[C@@H](C(=O)NC)C2)cc1OC. The molecule has 6 nitrogen and oxygen atoms in total. The Labute approximate surface area is 148 Å². The zero-order chi connectivity index (χ0) is 18.2. The zero-order valence-electron chi connectivity index (χ0n) is 15.1. The summed E-state index contributed by atoms with van der Waals surface area (Å²) in [7, 11) is 3.21. The standard InChI is InChI=1S/C19H26N2O4/c1-4-25-16-9-7-14(12-17(16)24-3)8-10-18(22)21-11-5-6-15(13-21)19(23)20-2/h7-10,12,15H,4-6,11,13H2,1-3H3,(H,20,23)/b10-8+/t15-/m1/s1. The lowest BCUT2D eigenvalue weighted by atomic mass is 9.97. The Morgan fingerprint density at radius 3 is 2.84 bits per heavy atom. The molecule has 2 rings (SSSR count). The Bertz CT molecular complexity index is 642. The first-order valence-corrected chi connectivity index (χ1v) is 8.58. The van der Waals surface area contributed by atoms with Crippen LogP contribution in [0.5, 0.6) is 11.5 Å². The van der Waals surface area contributed by atoms with E-state index in [2.05, 4.69) is 5.32 Å². The smallest absolute Gasteiger partial charge is 0.246 e. The van der Waals surface area contributed by atoms with E-state index in [1.54, 1.807) is 31.2 Å². The highest BCUT2D eigenvalue weighted by Crippen LogP contribution is 2.28. The van der Waals surface area contributed by atoms with Gasteiger partial charge in [0.1, 0.15) is 0 Å². The molecule has 0 unspecified atom stereocenters. The van der Waals surface area contributed by atoms with Gasteiger partial charge in [0.2, 0.25) is 11.8 Å². The molecule has 2 amide bonds. The van der Waals surface area contributed by atoms with Gasteiger partial charge in [-0.25, -0.2) is 0 Å². The van der Waals surface area contributed by atoms with Crippen LogP contribution in [-0.4, -0.2) is 50.6 Å². The molecule has 1 aromatic carbocycles. The van der Waals surface area contributed by atoms with Crippen molar-refractivity contribution in [1.82, 2.24) is 10.2 Å². The minimum Gasteiger partial charge on any atom is -0.493 e. The van der Waals surface area contributed by atoms with E-state index in [0.29, 0.717) is 31.2 Å². The third-order valence-corrected chi connectivity index (χ3v) is 4.26. The molecule has 1 aliphatic rings. The molecular weight excluding hydrogens is 320 g/mol. The first-order valence-electron chi connectivity index (χ1n) is 8.58. The fourth-order valence-corrected chi connectivity index (χ4v) is 2.93. The van der Waals surface area contributed by atoms with Gasteiger partial charge < -0.3 is 19.7 Å². The summed E-state index contributed by atoms with van der Waals surface area (Å²) in [5.41, 5.74) is 0.855. The van der Waals surface area contributed by atoms with Crippen LogP contribution in [-0.2, 0) is 9.59 Å². The van der Waals surface area contributed by atoms with Gasteiger partial charge in [0, 0.05) is 26.2 Å².